The monoisotopic (exact) mass is 364 g/mol. The smallest absolute Gasteiger partial charge is 0.416 e. The lowest BCUT2D eigenvalue weighted by Gasteiger charge is -2.37. The maximum atomic E-state index is 12.8. The summed E-state index contributed by atoms with van der Waals surface area (Å²) in [6.07, 6.45) is -3.73. The van der Waals surface area contributed by atoms with Crippen LogP contribution in [0, 0.1) is 0 Å². The second-order valence-corrected chi connectivity index (χ2v) is 7.32. The summed E-state index contributed by atoms with van der Waals surface area (Å²) in [4.78, 5) is 11.6. The lowest BCUT2D eigenvalue weighted by Crippen LogP contribution is -2.50. The molecule has 0 unspecified atom stereocenters. The molecule has 0 saturated heterocycles. The summed E-state index contributed by atoms with van der Waals surface area (Å²) < 4.78 is 43.5. The number of rotatable bonds is 3. The van der Waals surface area contributed by atoms with E-state index in [4.69, 9.17) is 16.3 Å². The van der Waals surface area contributed by atoms with Crippen molar-refractivity contribution < 1.29 is 22.7 Å². The van der Waals surface area contributed by atoms with Gasteiger partial charge in [0.15, 0.2) is 0 Å². The van der Waals surface area contributed by atoms with E-state index >= 15 is 0 Å². The van der Waals surface area contributed by atoms with Crippen molar-refractivity contribution in [2.75, 3.05) is 5.32 Å². The van der Waals surface area contributed by atoms with Gasteiger partial charge in [0, 0.05) is 22.8 Å². The molecule has 0 spiro atoms. The van der Waals surface area contributed by atoms with Crippen molar-refractivity contribution in [1.29, 1.82) is 0 Å². The second-order valence-electron chi connectivity index (χ2n) is 6.88. The maximum Gasteiger partial charge on any atom is 0.416 e. The first-order valence-corrected chi connectivity index (χ1v) is 7.94. The number of benzene rings is 1. The molecular formula is C16H20ClF3N2O2. The van der Waals surface area contributed by atoms with Gasteiger partial charge in [-0.15, -0.1) is 0 Å². The Bertz CT molecular complexity index is 608. The third-order valence-electron chi connectivity index (χ3n) is 3.45. The molecular weight excluding hydrogens is 345 g/mol. The van der Waals surface area contributed by atoms with Crippen LogP contribution in [0.5, 0.6) is 0 Å². The minimum absolute atomic E-state index is 0.0232. The van der Waals surface area contributed by atoms with E-state index in [2.05, 4.69) is 10.6 Å². The topological polar surface area (TPSA) is 50.4 Å². The molecule has 0 aromatic heterocycles. The van der Waals surface area contributed by atoms with Gasteiger partial charge in [0.25, 0.3) is 0 Å². The Hall–Kier alpha value is -1.63. The van der Waals surface area contributed by atoms with Gasteiger partial charge < -0.3 is 15.4 Å². The molecule has 1 aliphatic rings. The van der Waals surface area contributed by atoms with E-state index in [0.717, 1.165) is 12.1 Å². The van der Waals surface area contributed by atoms with Crippen molar-refractivity contribution in [2.45, 2.75) is 57.5 Å². The fraction of sp³-hybridized carbons (Fsp3) is 0.562. The first-order chi connectivity index (χ1) is 10.9. The van der Waals surface area contributed by atoms with Gasteiger partial charge in [-0.2, -0.15) is 13.2 Å². The number of alkyl halides is 3. The number of anilines is 1. The number of amides is 1. The van der Waals surface area contributed by atoms with Gasteiger partial charge >= 0.3 is 12.3 Å². The molecule has 2 rings (SSSR count). The molecule has 4 nitrogen and oxygen atoms in total. The number of nitrogens with one attached hydrogen (secondary N) is 2. The van der Waals surface area contributed by atoms with E-state index in [1.54, 1.807) is 20.8 Å². The predicted molar refractivity (Wildman–Crippen MR) is 86.3 cm³/mol. The fourth-order valence-corrected chi connectivity index (χ4v) is 2.64. The predicted octanol–water partition coefficient (Wildman–Crippen LogP) is 4.83. The Kier molecular flexibility index (Phi) is 5.22. The van der Waals surface area contributed by atoms with Crippen molar-refractivity contribution in [2.24, 2.45) is 0 Å². The van der Waals surface area contributed by atoms with Gasteiger partial charge in [0.2, 0.25) is 0 Å². The molecule has 1 aliphatic carbocycles. The standard InChI is InChI=1S/C16H20ClF3N2O2/c1-15(2,3)24-14(23)22-13-7-12(8-13)21-11-5-9(16(18,19)20)4-10(17)6-11/h4-6,12-13,21H,7-8H2,1-3H3,(H,22,23). The minimum Gasteiger partial charge on any atom is -0.444 e. The zero-order valence-electron chi connectivity index (χ0n) is 13.6. The van der Waals surface area contributed by atoms with E-state index in [9.17, 15) is 18.0 Å². The van der Waals surface area contributed by atoms with Crippen LogP contribution in [0.2, 0.25) is 5.02 Å². The van der Waals surface area contributed by atoms with Crippen LogP contribution in [-0.2, 0) is 10.9 Å². The van der Waals surface area contributed by atoms with Crippen LogP contribution in [0.1, 0.15) is 39.2 Å². The molecule has 1 fully saturated rings. The quantitative estimate of drug-likeness (QED) is 0.808. The number of hydrogen-bond acceptors (Lipinski definition) is 3. The molecule has 0 aliphatic heterocycles. The van der Waals surface area contributed by atoms with Crippen LogP contribution in [0.3, 0.4) is 0 Å². The molecule has 24 heavy (non-hydrogen) atoms. The summed E-state index contributed by atoms with van der Waals surface area (Å²) in [5, 5.41) is 5.76. The highest BCUT2D eigenvalue weighted by Gasteiger charge is 2.33. The molecule has 2 N–H and O–H groups in total. The lowest BCUT2D eigenvalue weighted by atomic mass is 9.86. The number of halogens is 4. The molecule has 8 heteroatoms. The summed E-state index contributed by atoms with van der Waals surface area (Å²) in [6.45, 7) is 5.32. The van der Waals surface area contributed by atoms with Crippen molar-refractivity contribution in [3.8, 4) is 0 Å². The highest BCUT2D eigenvalue weighted by atomic mass is 35.5. The molecule has 1 saturated carbocycles. The molecule has 1 amide bonds. The van der Waals surface area contributed by atoms with E-state index in [-0.39, 0.29) is 17.1 Å². The van der Waals surface area contributed by atoms with Crippen LogP contribution in [0.15, 0.2) is 18.2 Å². The molecule has 1 aromatic carbocycles. The van der Waals surface area contributed by atoms with E-state index in [1.165, 1.54) is 6.07 Å². The highest BCUT2D eigenvalue weighted by Crippen LogP contribution is 2.34. The van der Waals surface area contributed by atoms with Crippen LogP contribution in [-0.4, -0.2) is 23.8 Å². The summed E-state index contributed by atoms with van der Waals surface area (Å²) in [5.41, 5.74) is -1.05. The summed E-state index contributed by atoms with van der Waals surface area (Å²) >= 11 is 5.75. The van der Waals surface area contributed by atoms with Crippen molar-refractivity contribution >= 4 is 23.4 Å². The SMILES string of the molecule is CC(C)(C)OC(=O)NC1CC(Nc2cc(Cl)cc(C(F)(F)F)c2)C1. The minimum atomic E-state index is -4.44. The van der Waals surface area contributed by atoms with Crippen LogP contribution >= 0.6 is 11.6 Å². The van der Waals surface area contributed by atoms with E-state index < -0.39 is 23.4 Å². The molecule has 0 heterocycles. The molecule has 0 radical (unpaired) electrons. The molecule has 0 bridgehead atoms. The Morgan fingerprint density at radius 1 is 1.17 bits per heavy atom. The largest absolute Gasteiger partial charge is 0.444 e. The van der Waals surface area contributed by atoms with Gasteiger partial charge in [0.05, 0.1) is 5.56 Å². The third-order valence-corrected chi connectivity index (χ3v) is 3.67. The fourth-order valence-electron chi connectivity index (χ4n) is 2.40. The number of hydrogen-bond donors (Lipinski definition) is 2. The van der Waals surface area contributed by atoms with E-state index in [1.807, 2.05) is 0 Å². The normalized spacial score (nSPS) is 21.0. The third kappa shape index (κ3) is 5.47. The lowest BCUT2D eigenvalue weighted by molar-refractivity contribution is -0.137. The number of ether oxygens (including phenoxy) is 1. The van der Waals surface area contributed by atoms with Gasteiger partial charge in [-0.25, -0.2) is 4.79 Å². The zero-order chi connectivity index (χ0) is 18.1. The van der Waals surface area contributed by atoms with Crippen LogP contribution in [0.25, 0.3) is 0 Å². The number of carbonyl (C=O) groups is 1. The summed E-state index contributed by atoms with van der Waals surface area (Å²) in [7, 11) is 0. The molecule has 0 atom stereocenters. The van der Waals surface area contributed by atoms with Gasteiger partial charge in [-0.3, -0.25) is 0 Å². The van der Waals surface area contributed by atoms with E-state index in [0.29, 0.717) is 18.5 Å². The van der Waals surface area contributed by atoms with Crippen LogP contribution in [0.4, 0.5) is 23.7 Å². The van der Waals surface area contributed by atoms with Crippen molar-refractivity contribution in [3.05, 3.63) is 28.8 Å². The number of carbonyl (C=O) groups excluding carboxylic acids is 1. The average Bonchev–Trinajstić information content (AvgIpc) is 2.32. The Morgan fingerprint density at radius 3 is 2.33 bits per heavy atom. The van der Waals surface area contributed by atoms with Crippen molar-refractivity contribution in [1.82, 2.24) is 5.32 Å². The van der Waals surface area contributed by atoms with Crippen molar-refractivity contribution in [3.63, 3.8) is 0 Å². The maximum absolute atomic E-state index is 12.8. The Balaban J connectivity index is 1.85. The average molecular weight is 365 g/mol. The Labute approximate surface area is 143 Å². The highest BCUT2D eigenvalue weighted by molar-refractivity contribution is 6.30. The Morgan fingerprint density at radius 2 is 1.79 bits per heavy atom. The molecule has 1 aromatic rings. The van der Waals surface area contributed by atoms with Gasteiger partial charge in [-0.05, 0) is 51.8 Å². The second kappa shape index (κ2) is 6.70. The summed E-state index contributed by atoms with van der Waals surface area (Å²) in [5.74, 6) is 0. The first kappa shape index (κ1) is 18.7. The van der Waals surface area contributed by atoms with Gasteiger partial charge in [0.1, 0.15) is 5.60 Å². The zero-order valence-corrected chi connectivity index (χ0v) is 14.4. The number of alkyl carbamates (subject to hydrolysis) is 1. The first-order valence-electron chi connectivity index (χ1n) is 7.56. The summed E-state index contributed by atoms with van der Waals surface area (Å²) in [6, 6.07) is 3.29. The van der Waals surface area contributed by atoms with Gasteiger partial charge in [-0.1, -0.05) is 11.6 Å². The van der Waals surface area contributed by atoms with Crippen LogP contribution < -0.4 is 10.6 Å². The molecule has 134 valence electrons.